The quantitative estimate of drug-likeness (QED) is 0.699. The van der Waals surface area contributed by atoms with Gasteiger partial charge in [0, 0.05) is 30.6 Å². The van der Waals surface area contributed by atoms with Crippen molar-refractivity contribution in [2.45, 2.75) is 9.79 Å². The Kier molecular flexibility index (Phi) is 5.73. The van der Waals surface area contributed by atoms with E-state index in [1.165, 1.54) is 48.5 Å². The zero-order chi connectivity index (χ0) is 21.2. The number of hydrogen-bond donors (Lipinski definition) is 2. The Hall–Kier alpha value is -2.76. The molecule has 1 aliphatic rings. The Morgan fingerprint density at radius 2 is 1.72 bits per heavy atom. The van der Waals surface area contributed by atoms with E-state index in [9.17, 15) is 26.4 Å². The van der Waals surface area contributed by atoms with Gasteiger partial charge in [-0.15, -0.1) is 0 Å². The number of anilines is 1. The lowest BCUT2D eigenvalue weighted by Gasteiger charge is -2.26. The number of carbonyl (C=O) groups is 2. The second kappa shape index (κ2) is 7.93. The molecule has 2 amide bonds. The largest absolute Gasteiger partial charge is 0.354 e. The van der Waals surface area contributed by atoms with Crippen molar-refractivity contribution in [3.63, 3.8) is 0 Å². The molecule has 2 N–H and O–H groups in total. The highest BCUT2D eigenvalue weighted by molar-refractivity contribution is 7.90. The summed E-state index contributed by atoms with van der Waals surface area (Å²) in [7, 11) is -7.27. The number of nitrogens with zero attached hydrogens (tertiary/aromatic N) is 1. The molecule has 0 saturated carbocycles. The van der Waals surface area contributed by atoms with Crippen LogP contribution in [-0.4, -0.2) is 58.8 Å². The predicted molar refractivity (Wildman–Crippen MR) is 106 cm³/mol. The predicted octanol–water partition coefficient (Wildman–Crippen LogP) is 0.463. The topological polar surface area (TPSA) is 130 Å². The third-order valence-corrected chi connectivity index (χ3v) is 7.25. The molecule has 29 heavy (non-hydrogen) atoms. The molecular weight excluding hydrogens is 418 g/mol. The molecule has 3 rings (SSSR count). The highest BCUT2D eigenvalue weighted by atomic mass is 32.2. The van der Waals surface area contributed by atoms with Crippen LogP contribution in [0.15, 0.2) is 58.3 Å². The van der Waals surface area contributed by atoms with Crippen molar-refractivity contribution in [3.8, 4) is 0 Å². The summed E-state index contributed by atoms with van der Waals surface area (Å²) in [5.74, 6) is -0.934. The standard InChI is InChI=1S/C18H19N3O6S2/c1-28(24,25)15-7-5-14(6-8-15)20-18(23)13-3-2-4-16(11-13)29(26,27)21-10-9-19-17(22)12-21/h2-8,11H,9-10,12H2,1H3,(H,19,22)(H,20,23). The molecule has 0 spiro atoms. The fourth-order valence-corrected chi connectivity index (χ4v) is 4.83. The van der Waals surface area contributed by atoms with Crippen LogP contribution in [-0.2, 0) is 24.7 Å². The summed E-state index contributed by atoms with van der Waals surface area (Å²) >= 11 is 0. The summed E-state index contributed by atoms with van der Waals surface area (Å²) in [5, 5.41) is 5.15. The smallest absolute Gasteiger partial charge is 0.255 e. The lowest BCUT2D eigenvalue weighted by molar-refractivity contribution is -0.122. The van der Waals surface area contributed by atoms with Crippen LogP contribution in [0, 0.1) is 0 Å². The van der Waals surface area contributed by atoms with E-state index in [0.29, 0.717) is 5.69 Å². The van der Waals surface area contributed by atoms with E-state index in [-0.39, 0.29) is 40.9 Å². The van der Waals surface area contributed by atoms with Gasteiger partial charge in [-0.3, -0.25) is 9.59 Å². The first-order valence-corrected chi connectivity index (χ1v) is 11.9. The van der Waals surface area contributed by atoms with E-state index in [1.54, 1.807) is 0 Å². The average molecular weight is 437 g/mol. The maximum absolute atomic E-state index is 12.8. The Balaban J connectivity index is 1.80. The summed E-state index contributed by atoms with van der Waals surface area (Å²) in [6.07, 6.45) is 1.08. The molecular formula is C18H19N3O6S2. The average Bonchev–Trinajstić information content (AvgIpc) is 2.68. The van der Waals surface area contributed by atoms with Crippen LogP contribution < -0.4 is 10.6 Å². The van der Waals surface area contributed by atoms with Crippen LogP contribution in [0.4, 0.5) is 5.69 Å². The summed E-state index contributed by atoms with van der Waals surface area (Å²) < 4.78 is 49.6. The van der Waals surface area contributed by atoms with Gasteiger partial charge in [0.1, 0.15) is 0 Å². The van der Waals surface area contributed by atoms with E-state index >= 15 is 0 Å². The van der Waals surface area contributed by atoms with E-state index in [2.05, 4.69) is 10.6 Å². The van der Waals surface area contributed by atoms with Crippen LogP contribution >= 0.6 is 0 Å². The van der Waals surface area contributed by atoms with Gasteiger partial charge in [0.25, 0.3) is 5.91 Å². The van der Waals surface area contributed by atoms with Crippen LogP contribution in [0.25, 0.3) is 0 Å². The summed E-state index contributed by atoms with van der Waals surface area (Å²) in [4.78, 5) is 24.0. The Bertz CT molecular complexity index is 1160. The van der Waals surface area contributed by atoms with E-state index in [0.717, 1.165) is 10.6 Å². The van der Waals surface area contributed by atoms with Gasteiger partial charge >= 0.3 is 0 Å². The van der Waals surface area contributed by atoms with Gasteiger partial charge in [-0.1, -0.05) is 6.07 Å². The number of sulfone groups is 1. The van der Waals surface area contributed by atoms with Crippen molar-refractivity contribution in [1.29, 1.82) is 0 Å². The molecule has 1 saturated heterocycles. The minimum atomic E-state index is -3.92. The van der Waals surface area contributed by atoms with Crippen molar-refractivity contribution in [1.82, 2.24) is 9.62 Å². The van der Waals surface area contributed by atoms with Crippen LogP contribution in [0.5, 0.6) is 0 Å². The highest BCUT2D eigenvalue weighted by Crippen LogP contribution is 2.19. The molecule has 1 heterocycles. The first-order chi connectivity index (χ1) is 13.6. The number of carbonyl (C=O) groups excluding carboxylic acids is 2. The number of hydrogen-bond acceptors (Lipinski definition) is 6. The molecule has 0 atom stereocenters. The molecule has 1 aliphatic heterocycles. The molecule has 2 aromatic carbocycles. The van der Waals surface area contributed by atoms with Gasteiger partial charge in [0.05, 0.1) is 16.3 Å². The van der Waals surface area contributed by atoms with E-state index in [1.807, 2.05) is 0 Å². The van der Waals surface area contributed by atoms with Gasteiger partial charge in [-0.05, 0) is 42.5 Å². The van der Waals surface area contributed by atoms with Crippen molar-refractivity contribution in [2.75, 3.05) is 31.2 Å². The SMILES string of the molecule is CS(=O)(=O)c1ccc(NC(=O)c2cccc(S(=O)(=O)N3CCNC(=O)C3)c2)cc1. The fourth-order valence-electron chi connectivity index (χ4n) is 2.76. The van der Waals surface area contributed by atoms with Gasteiger partial charge < -0.3 is 10.6 Å². The Morgan fingerprint density at radius 1 is 1.03 bits per heavy atom. The number of piperazine rings is 1. The van der Waals surface area contributed by atoms with E-state index in [4.69, 9.17) is 0 Å². The van der Waals surface area contributed by atoms with Gasteiger partial charge in [0.2, 0.25) is 15.9 Å². The summed E-state index contributed by atoms with van der Waals surface area (Å²) in [6, 6.07) is 11.1. The second-order valence-corrected chi connectivity index (χ2v) is 10.4. The molecule has 154 valence electrons. The van der Waals surface area contributed by atoms with Crippen molar-refractivity contribution in [2.24, 2.45) is 0 Å². The maximum atomic E-state index is 12.8. The molecule has 11 heteroatoms. The number of rotatable bonds is 5. The second-order valence-electron chi connectivity index (χ2n) is 6.47. The van der Waals surface area contributed by atoms with Gasteiger partial charge in [-0.25, -0.2) is 16.8 Å². The highest BCUT2D eigenvalue weighted by Gasteiger charge is 2.29. The molecule has 1 fully saturated rings. The van der Waals surface area contributed by atoms with Gasteiger partial charge in [-0.2, -0.15) is 4.31 Å². The minimum absolute atomic E-state index is 0.0905. The van der Waals surface area contributed by atoms with E-state index < -0.39 is 25.8 Å². The van der Waals surface area contributed by atoms with Crippen molar-refractivity contribution >= 4 is 37.4 Å². The van der Waals surface area contributed by atoms with Crippen LogP contribution in [0.1, 0.15) is 10.4 Å². The number of amides is 2. The minimum Gasteiger partial charge on any atom is -0.354 e. The Labute approximate surface area is 168 Å². The van der Waals surface area contributed by atoms with Crippen LogP contribution in [0.3, 0.4) is 0 Å². The normalized spacial score (nSPS) is 15.6. The first kappa shape index (κ1) is 21.0. The lowest BCUT2D eigenvalue weighted by atomic mass is 10.2. The molecule has 0 unspecified atom stereocenters. The number of benzene rings is 2. The molecule has 2 aromatic rings. The monoisotopic (exact) mass is 437 g/mol. The van der Waals surface area contributed by atoms with Crippen LogP contribution in [0.2, 0.25) is 0 Å². The Morgan fingerprint density at radius 3 is 2.34 bits per heavy atom. The van der Waals surface area contributed by atoms with Gasteiger partial charge in [0.15, 0.2) is 9.84 Å². The molecule has 0 radical (unpaired) electrons. The summed E-state index contributed by atoms with van der Waals surface area (Å²) in [6.45, 7) is 0.102. The first-order valence-electron chi connectivity index (χ1n) is 8.56. The number of nitrogens with one attached hydrogen (secondary N) is 2. The van der Waals surface area contributed by atoms with Crippen molar-refractivity contribution in [3.05, 3.63) is 54.1 Å². The third-order valence-electron chi connectivity index (χ3n) is 4.28. The molecule has 0 bridgehead atoms. The third kappa shape index (κ3) is 4.81. The van der Waals surface area contributed by atoms with Crippen molar-refractivity contribution < 1.29 is 26.4 Å². The zero-order valence-electron chi connectivity index (χ0n) is 15.5. The fraction of sp³-hybridized carbons (Fsp3) is 0.222. The summed E-state index contributed by atoms with van der Waals surface area (Å²) in [5.41, 5.74) is 0.475. The zero-order valence-corrected chi connectivity index (χ0v) is 17.1. The number of sulfonamides is 1. The maximum Gasteiger partial charge on any atom is 0.255 e. The molecule has 9 nitrogen and oxygen atoms in total. The molecule has 0 aromatic heterocycles. The molecule has 0 aliphatic carbocycles. The lowest BCUT2D eigenvalue weighted by Crippen LogP contribution is -2.49.